The highest BCUT2D eigenvalue weighted by Gasteiger charge is 2.12. The van der Waals surface area contributed by atoms with Crippen LogP contribution in [0.15, 0.2) is 43.0 Å². The zero-order valence-corrected chi connectivity index (χ0v) is 11.7. The summed E-state index contributed by atoms with van der Waals surface area (Å²) in [7, 11) is 0. The number of nitrogens with zero attached hydrogens (tertiary/aromatic N) is 2. The third kappa shape index (κ3) is 3.45. The fourth-order valence-electron chi connectivity index (χ4n) is 1.75. The van der Waals surface area contributed by atoms with Crippen LogP contribution in [-0.2, 0) is 0 Å². The van der Waals surface area contributed by atoms with Gasteiger partial charge < -0.3 is 15.0 Å². The van der Waals surface area contributed by atoms with Gasteiger partial charge in [-0.05, 0) is 24.1 Å². The van der Waals surface area contributed by atoms with Crippen LogP contribution in [0.25, 0.3) is 5.69 Å². The van der Waals surface area contributed by atoms with Crippen molar-refractivity contribution >= 4 is 5.91 Å². The molecule has 1 unspecified atom stereocenters. The van der Waals surface area contributed by atoms with Crippen LogP contribution >= 0.6 is 0 Å². The van der Waals surface area contributed by atoms with Crippen molar-refractivity contribution in [1.82, 2.24) is 14.9 Å². The number of imidazole rings is 1. The molecule has 2 N–H and O–H groups in total. The quantitative estimate of drug-likeness (QED) is 0.870. The number of carbonyl (C=O) groups is 1. The van der Waals surface area contributed by atoms with Gasteiger partial charge in [0, 0.05) is 30.2 Å². The molecule has 5 nitrogen and oxygen atoms in total. The molecule has 1 aromatic heterocycles. The second-order valence-corrected chi connectivity index (χ2v) is 5.04. The number of aliphatic hydroxyl groups excluding tert-OH is 1. The summed E-state index contributed by atoms with van der Waals surface area (Å²) in [5, 5.41) is 12.4. The lowest BCUT2D eigenvalue weighted by Gasteiger charge is -2.15. The molecule has 1 heterocycles. The highest BCUT2D eigenvalue weighted by Crippen LogP contribution is 2.10. The Labute approximate surface area is 118 Å². The molecule has 1 aromatic carbocycles. The van der Waals surface area contributed by atoms with Gasteiger partial charge in [-0.25, -0.2) is 4.98 Å². The first-order valence-corrected chi connectivity index (χ1v) is 6.62. The number of aromatic nitrogens is 2. The van der Waals surface area contributed by atoms with Crippen molar-refractivity contribution < 1.29 is 9.90 Å². The number of hydrogen-bond donors (Lipinski definition) is 2. The molecule has 20 heavy (non-hydrogen) atoms. The largest absolute Gasteiger partial charge is 0.391 e. The molecule has 0 bridgehead atoms. The van der Waals surface area contributed by atoms with Crippen molar-refractivity contribution in [2.24, 2.45) is 5.92 Å². The fraction of sp³-hybridized carbons (Fsp3) is 0.333. The van der Waals surface area contributed by atoms with Crippen molar-refractivity contribution in [3.05, 3.63) is 48.5 Å². The molecular weight excluding hydrogens is 254 g/mol. The number of rotatable bonds is 5. The van der Waals surface area contributed by atoms with Crippen molar-refractivity contribution in [3.8, 4) is 5.69 Å². The van der Waals surface area contributed by atoms with Crippen molar-refractivity contribution in [1.29, 1.82) is 0 Å². The highest BCUT2D eigenvalue weighted by atomic mass is 16.3. The summed E-state index contributed by atoms with van der Waals surface area (Å²) in [6, 6.07) is 7.26. The van der Waals surface area contributed by atoms with Gasteiger partial charge in [-0.2, -0.15) is 0 Å². The van der Waals surface area contributed by atoms with Crippen LogP contribution in [0, 0.1) is 5.92 Å². The Balaban J connectivity index is 2.05. The first-order chi connectivity index (χ1) is 9.58. The summed E-state index contributed by atoms with van der Waals surface area (Å²) in [6.07, 6.45) is 4.65. The maximum atomic E-state index is 12.0. The third-order valence-corrected chi connectivity index (χ3v) is 3.15. The lowest BCUT2D eigenvalue weighted by molar-refractivity contribution is 0.0871. The second kappa shape index (κ2) is 6.34. The maximum absolute atomic E-state index is 12.0. The molecule has 5 heteroatoms. The number of amides is 1. The monoisotopic (exact) mass is 273 g/mol. The number of carbonyl (C=O) groups excluding carboxylic acids is 1. The Morgan fingerprint density at radius 3 is 2.90 bits per heavy atom. The smallest absolute Gasteiger partial charge is 0.251 e. The summed E-state index contributed by atoms with van der Waals surface area (Å²) < 4.78 is 1.83. The molecule has 0 spiro atoms. The van der Waals surface area contributed by atoms with E-state index >= 15 is 0 Å². The van der Waals surface area contributed by atoms with Crippen LogP contribution in [0.2, 0.25) is 0 Å². The van der Waals surface area contributed by atoms with Crippen LogP contribution in [0.3, 0.4) is 0 Å². The van der Waals surface area contributed by atoms with Crippen LogP contribution in [0.4, 0.5) is 0 Å². The third-order valence-electron chi connectivity index (χ3n) is 3.15. The SMILES string of the molecule is CC(C)C(O)CNC(=O)c1cccc(-n2ccnc2)c1. The molecule has 106 valence electrons. The summed E-state index contributed by atoms with van der Waals surface area (Å²) in [5.41, 5.74) is 1.44. The Kier molecular flexibility index (Phi) is 4.53. The van der Waals surface area contributed by atoms with E-state index in [2.05, 4.69) is 10.3 Å². The maximum Gasteiger partial charge on any atom is 0.251 e. The van der Waals surface area contributed by atoms with E-state index < -0.39 is 6.10 Å². The molecule has 0 fully saturated rings. The van der Waals surface area contributed by atoms with Crippen molar-refractivity contribution in [2.75, 3.05) is 6.54 Å². The van der Waals surface area contributed by atoms with Crippen LogP contribution in [0.5, 0.6) is 0 Å². The number of nitrogens with one attached hydrogen (secondary N) is 1. The minimum absolute atomic E-state index is 0.118. The lowest BCUT2D eigenvalue weighted by Crippen LogP contribution is -2.34. The van der Waals surface area contributed by atoms with E-state index in [1.165, 1.54) is 0 Å². The van der Waals surface area contributed by atoms with Gasteiger partial charge in [0.1, 0.15) is 0 Å². The van der Waals surface area contributed by atoms with E-state index in [1.807, 2.05) is 36.7 Å². The summed E-state index contributed by atoms with van der Waals surface area (Å²) >= 11 is 0. The normalized spacial score (nSPS) is 12.4. The molecule has 0 saturated carbocycles. The van der Waals surface area contributed by atoms with Crippen molar-refractivity contribution in [2.45, 2.75) is 20.0 Å². The average molecular weight is 273 g/mol. The minimum Gasteiger partial charge on any atom is -0.391 e. The molecule has 1 amide bonds. The van der Waals surface area contributed by atoms with E-state index in [0.29, 0.717) is 5.56 Å². The van der Waals surface area contributed by atoms with Gasteiger partial charge in [0.2, 0.25) is 0 Å². The average Bonchev–Trinajstić information content (AvgIpc) is 2.98. The molecule has 0 aliphatic carbocycles. The second-order valence-electron chi connectivity index (χ2n) is 5.04. The molecular formula is C15H19N3O2. The number of benzene rings is 1. The van der Waals surface area contributed by atoms with Crippen LogP contribution in [0.1, 0.15) is 24.2 Å². The first kappa shape index (κ1) is 14.3. The molecule has 0 aliphatic rings. The van der Waals surface area contributed by atoms with E-state index in [9.17, 15) is 9.90 Å². The summed E-state index contributed by atoms with van der Waals surface area (Å²) in [6.45, 7) is 4.08. The van der Waals surface area contributed by atoms with Gasteiger partial charge in [0.25, 0.3) is 5.91 Å². The van der Waals surface area contributed by atoms with Gasteiger partial charge in [-0.1, -0.05) is 19.9 Å². The highest BCUT2D eigenvalue weighted by molar-refractivity contribution is 5.94. The van der Waals surface area contributed by atoms with E-state index in [1.54, 1.807) is 24.7 Å². The predicted molar refractivity (Wildman–Crippen MR) is 76.7 cm³/mol. The summed E-state index contributed by atoms with van der Waals surface area (Å²) in [5.74, 6) is -0.0701. The predicted octanol–water partition coefficient (Wildman–Crippen LogP) is 1.62. The van der Waals surface area contributed by atoms with Gasteiger partial charge in [-0.3, -0.25) is 4.79 Å². The summed E-state index contributed by atoms with van der Waals surface area (Å²) in [4.78, 5) is 16.0. The minimum atomic E-state index is -0.532. The zero-order valence-electron chi connectivity index (χ0n) is 11.7. The Hall–Kier alpha value is -2.14. The van der Waals surface area contributed by atoms with Gasteiger partial charge in [0.15, 0.2) is 0 Å². The standard InChI is InChI=1S/C15H19N3O2/c1-11(2)14(19)9-17-15(20)12-4-3-5-13(8-12)18-7-6-16-10-18/h3-8,10-11,14,19H,9H2,1-2H3,(H,17,20). The van der Waals surface area contributed by atoms with Crippen LogP contribution in [-0.4, -0.2) is 33.2 Å². The molecule has 0 aliphatic heterocycles. The van der Waals surface area contributed by atoms with Gasteiger partial charge in [-0.15, -0.1) is 0 Å². The van der Waals surface area contributed by atoms with E-state index in [4.69, 9.17) is 0 Å². The zero-order chi connectivity index (χ0) is 14.5. The van der Waals surface area contributed by atoms with E-state index in [0.717, 1.165) is 5.69 Å². The first-order valence-electron chi connectivity index (χ1n) is 6.62. The molecule has 2 rings (SSSR count). The number of hydrogen-bond acceptors (Lipinski definition) is 3. The molecule has 1 atom stereocenters. The molecule has 0 saturated heterocycles. The van der Waals surface area contributed by atoms with Crippen LogP contribution < -0.4 is 5.32 Å². The Bertz CT molecular complexity index is 564. The fourth-order valence-corrected chi connectivity index (χ4v) is 1.75. The van der Waals surface area contributed by atoms with Gasteiger partial charge >= 0.3 is 0 Å². The topological polar surface area (TPSA) is 67.2 Å². The van der Waals surface area contributed by atoms with Gasteiger partial charge in [0.05, 0.1) is 12.4 Å². The lowest BCUT2D eigenvalue weighted by atomic mass is 10.1. The molecule has 2 aromatic rings. The Morgan fingerprint density at radius 2 is 2.25 bits per heavy atom. The van der Waals surface area contributed by atoms with E-state index in [-0.39, 0.29) is 18.4 Å². The van der Waals surface area contributed by atoms with Crippen molar-refractivity contribution in [3.63, 3.8) is 0 Å². The number of aliphatic hydroxyl groups is 1. The Morgan fingerprint density at radius 1 is 1.45 bits per heavy atom. The molecule has 0 radical (unpaired) electrons.